The first-order valence-corrected chi connectivity index (χ1v) is 6.40. The van der Waals surface area contributed by atoms with E-state index in [-0.39, 0.29) is 12.2 Å². The van der Waals surface area contributed by atoms with Crippen LogP contribution in [0.15, 0.2) is 48.5 Å². The van der Waals surface area contributed by atoms with Gasteiger partial charge in [-0.1, -0.05) is 30.3 Å². The summed E-state index contributed by atoms with van der Waals surface area (Å²) >= 11 is 0. The van der Waals surface area contributed by atoms with Gasteiger partial charge in [0.25, 0.3) is 5.69 Å². The number of ether oxygens (including phenoxy) is 1. The molecule has 0 aromatic heterocycles. The topological polar surface area (TPSA) is 84.6 Å². The minimum Gasteiger partial charge on any atom is -0.496 e. The molecule has 0 radical (unpaired) electrons. The van der Waals surface area contributed by atoms with Gasteiger partial charge in [0.2, 0.25) is 0 Å². The predicted octanol–water partition coefficient (Wildman–Crippen LogP) is 2.75. The van der Waals surface area contributed by atoms with E-state index >= 15 is 0 Å². The Balaban J connectivity index is 2.09. The van der Waals surface area contributed by atoms with E-state index in [1.807, 2.05) is 30.3 Å². The second-order valence-corrected chi connectivity index (χ2v) is 4.48. The lowest BCUT2D eigenvalue weighted by Gasteiger charge is -2.13. The summed E-state index contributed by atoms with van der Waals surface area (Å²) in [5.74, 6) is 0.390. The SMILES string of the molecule is COc1cc(NCC(O)c2ccccc2)cc([N+](=O)[O-])c1. The fourth-order valence-corrected chi connectivity index (χ4v) is 1.92. The van der Waals surface area contributed by atoms with Crippen LogP contribution in [0, 0.1) is 10.1 Å². The molecule has 0 amide bonds. The van der Waals surface area contributed by atoms with E-state index in [0.717, 1.165) is 5.56 Å². The largest absolute Gasteiger partial charge is 0.496 e. The van der Waals surface area contributed by atoms with E-state index in [2.05, 4.69) is 5.32 Å². The highest BCUT2D eigenvalue weighted by molar-refractivity contribution is 5.56. The van der Waals surface area contributed by atoms with Gasteiger partial charge < -0.3 is 15.2 Å². The molecule has 110 valence electrons. The molecular weight excluding hydrogens is 272 g/mol. The maximum atomic E-state index is 10.9. The molecule has 2 aromatic carbocycles. The van der Waals surface area contributed by atoms with Crippen LogP contribution in [0.4, 0.5) is 11.4 Å². The Morgan fingerprint density at radius 2 is 2.00 bits per heavy atom. The number of nitro benzene ring substituents is 1. The lowest BCUT2D eigenvalue weighted by atomic mass is 10.1. The van der Waals surface area contributed by atoms with Gasteiger partial charge in [-0.25, -0.2) is 0 Å². The Labute approximate surface area is 122 Å². The van der Waals surface area contributed by atoms with Crippen molar-refractivity contribution in [2.24, 2.45) is 0 Å². The van der Waals surface area contributed by atoms with E-state index in [0.29, 0.717) is 11.4 Å². The molecular formula is C15H16N2O4. The van der Waals surface area contributed by atoms with Crippen molar-refractivity contribution in [3.8, 4) is 5.75 Å². The van der Waals surface area contributed by atoms with Gasteiger partial charge in [-0.15, -0.1) is 0 Å². The zero-order chi connectivity index (χ0) is 15.2. The molecule has 6 nitrogen and oxygen atoms in total. The molecule has 0 aliphatic rings. The number of aliphatic hydroxyl groups excluding tert-OH is 1. The van der Waals surface area contributed by atoms with Gasteiger partial charge in [0.15, 0.2) is 0 Å². The molecule has 0 bridgehead atoms. The first-order valence-electron chi connectivity index (χ1n) is 6.40. The summed E-state index contributed by atoms with van der Waals surface area (Å²) in [4.78, 5) is 10.4. The van der Waals surface area contributed by atoms with Gasteiger partial charge in [-0.05, 0) is 5.56 Å². The second-order valence-electron chi connectivity index (χ2n) is 4.48. The van der Waals surface area contributed by atoms with Crippen LogP contribution in [0.25, 0.3) is 0 Å². The third-order valence-electron chi connectivity index (χ3n) is 3.02. The van der Waals surface area contributed by atoms with Crippen LogP contribution in [0.3, 0.4) is 0 Å². The van der Waals surface area contributed by atoms with Crippen molar-refractivity contribution >= 4 is 11.4 Å². The number of nitrogens with one attached hydrogen (secondary N) is 1. The number of nitrogens with zero attached hydrogens (tertiary/aromatic N) is 1. The highest BCUT2D eigenvalue weighted by Gasteiger charge is 2.12. The molecule has 1 unspecified atom stereocenters. The van der Waals surface area contributed by atoms with Crippen LogP contribution < -0.4 is 10.1 Å². The van der Waals surface area contributed by atoms with Crippen molar-refractivity contribution in [2.45, 2.75) is 6.10 Å². The number of hydrogen-bond donors (Lipinski definition) is 2. The maximum Gasteiger partial charge on any atom is 0.275 e. The Morgan fingerprint density at radius 1 is 1.29 bits per heavy atom. The second kappa shape index (κ2) is 6.71. The number of aliphatic hydroxyl groups is 1. The summed E-state index contributed by atoms with van der Waals surface area (Å²) in [6.07, 6.45) is -0.698. The molecule has 21 heavy (non-hydrogen) atoms. The molecule has 0 heterocycles. The fraction of sp³-hybridized carbons (Fsp3) is 0.200. The molecule has 2 rings (SSSR count). The fourth-order valence-electron chi connectivity index (χ4n) is 1.92. The molecule has 0 fully saturated rings. The van der Waals surface area contributed by atoms with Crippen molar-refractivity contribution in [1.29, 1.82) is 0 Å². The first kappa shape index (κ1) is 14.8. The van der Waals surface area contributed by atoms with Crippen LogP contribution in [-0.2, 0) is 0 Å². The van der Waals surface area contributed by atoms with E-state index in [1.165, 1.54) is 19.2 Å². The summed E-state index contributed by atoms with van der Waals surface area (Å²) in [5, 5.41) is 23.9. The van der Waals surface area contributed by atoms with Crippen LogP contribution >= 0.6 is 0 Å². The van der Waals surface area contributed by atoms with Crippen molar-refractivity contribution in [3.05, 3.63) is 64.2 Å². The van der Waals surface area contributed by atoms with Gasteiger partial charge in [0, 0.05) is 24.4 Å². The van der Waals surface area contributed by atoms with Gasteiger partial charge in [0.05, 0.1) is 24.2 Å². The van der Waals surface area contributed by atoms with Crippen molar-refractivity contribution in [3.63, 3.8) is 0 Å². The standard InChI is InChI=1S/C15H16N2O4/c1-21-14-8-12(7-13(9-14)17(19)20)16-10-15(18)11-5-3-2-4-6-11/h2-9,15-16,18H,10H2,1H3. The molecule has 0 aliphatic carbocycles. The average molecular weight is 288 g/mol. The van der Waals surface area contributed by atoms with Gasteiger partial charge in [0.1, 0.15) is 5.75 Å². The van der Waals surface area contributed by atoms with Crippen LogP contribution in [0.2, 0.25) is 0 Å². The first-order chi connectivity index (χ1) is 10.1. The minimum absolute atomic E-state index is 0.0638. The Hall–Kier alpha value is -2.60. The summed E-state index contributed by atoms with van der Waals surface area (Å²) < 4.78 is 5.03. The lowest BCUT2D eigenvalue weighted by Crippen LogP contribution is -2.12. The van der Waals surface area contributed by atoms with Crippen molar-refractivity contribution < 1.29 is 14.8 Å². The molecule has 0 saturated carbocycles. The summed E-state index contributed by atoms with van der Waals surface area (Å²) in [6.45, 7) is 0.244. The Morgan fingerprint density at radius 3 is 2.62 bits per heavy atom. The summed E-state index contributed by atoms with van der Waals surface area (Å²) in [6, 6.07) is 13.6. The maximum absolute atomic E-state index is 10.9. The van der Waals surface area contributed by atoms with Crippen LogP contribution in [0.5, 0.6) is 5.75 Å². The van der Waals surface area contributed by atoms with Crippen LogP contribution in [0.1, 0.15) is 11.7 Å². The molecule has 2 aromatic rings. The number of methoxy groups -OCH3 is 1. The number of rotatable bonds is 6. The number of benzene rings is 2. The zero-order valence-electron chi connectivity index (χ0n) is 11.5. The van der Waals surface area contributed by atoms with Gasteiger partial charge in [-0.2, -0.15) is 0 Å². The highest BCUT2D eigenvalue weighted by Crippen LogP contribution is 2.26. The molecule has 0 saturated heterocycles. The summed E-state index contributed by atoms with van der Waals surface area (Å²) in [7, 11) is 1.45. The monoisotopic (exact) mass is 288 g/mol. The normalized spacial score (nSPS) is 11.7. The third kappa shape index (κ3) is 3.93. The van der Waals surface area contributed by atoms with Crippen LogP contribution in [-0.4, -0.2) is 23.7 Å². The van der Waals surface area contributed by atoms with E-state index < -0.39 is 11.0 Å². The molecule has 2 N–H and O–H groups in total. The summed E-state index contributed by atoms with van der Waals surface area (Å²) in [5.41, 5.74) is 1.24. The van der Waals surface area contributed by atoms with E-state index in [1.54, 1.807) is 6.07 Å². The third-order valence-corrected chi connectivity index (χ3v) is 3.02. The molecule has 0 aliphatic heterocycles. The molecule has 0 spiro atoms. The zero-order valence-corrected chi connectivity index (χ0v) is 11.5. The Kier molecular flexibility index (Phi) is 4.73. The van der Waals surface area contributed by atoms with Gasteiger partial charge in [-0.3, -0.25) is 10.1 Å². The number of hydrogen-bond acceptors (Lipinski definition) is 5. The minimum atomic E-state index is -0.698. The predicted molar refractivity (Wildman–Crippen MR) is 79.5 cm³/mol. The van der Waals surface area contributed by atoms with Crippen molar-refractivity contribution in [1.82, 2.24) is 0 Å². The Bertz CT molecular complexity index is 616. The molecule has 6 heteroatoms. The van der Waals surface area contributed by atoms with Gasteiger partial charge >= 0.3 is 0 Å². The highest BCUT2D eigenvalue weighted by atomic mass is 16.6. The van der Waals surface area contributed by atoms with E-state index in [4.69, 9.17) is 4.74 Å². The van der Waals surface area contributed by atoms with E-state index in [9.17, 15) is 15.2 Å². The van der Waals surface area contributed by atoms with Crippen molar-refractivity contribution in [2.75, 3.05) is 19.0 Å². The quantitative estimate of drug-likeness (QED) is 0.630. The number of nitro groups is 1. The smallest absolute Gasteiger partial charge is 0.275 e. The molecule has 1 atom stereocenters. The number of non-ortho nitro benzene ring substituents is 1. The average Bonchev–Trinajstić information content (AvgIpc) is 2.53. The lowest BCUT2D eigenvalue weighted by molar-refractivity contribution is -0.384. The number of anilines is 1.